The van der Waals surface area contributed by atoms with E-state index < -0.39 is 0 Å². The minimum absolute atomic E-state index is 0.661. The number of nitrogens with one attached hydrogen (secondary N) is 2. The first-order valence-electron chi connectivity index (χ1n) is 8.78. The fourth-order valence-corrected chi connectivity index (χ4v) is 3.12. The molecule has 0 aromatic carbocycles. The minimum Gasteiger partial charge on any atom is -0.357 e. The Hall–Kier alpha value is -1.52. The molecule has 5 nitrogen and oxygen atoms in total. The van der Waals surface area contributed by atoms with E-state index in [1.54, 1.807) is 0 Å². The lowest BCUT2D eigenvalue weighted by Crippen LogP contribution is -2.37. The van der Waals surface area contributed by atoms with Crippen LogP contribution in [0.25, 0.3) is 0 Å². The van der Waals surface area contributed by atoms with Crippen molar-refractivity contribution in [1.82, 2.24) is 20.4 Å². The zero-order valence-corrected chi connectivity index (χ0v) is 14.1. The number of rotatable bonds is 8. The summed E-state index contributed by atoms with van der Waals surface area (Å²) in [5, 5.41) is 10.9. The average Bonchev–Trinajstić information content (AvgIpc) is 3.16. The molecular formula is C17H31N5. The lowest BCUT2D eigenvalue weighted by Gasteiger charge is -2.12. The average molecular weight is 305 g/mol. The fourth-order valence-electron chi connectivity index (χ4n) is 3.12. The van der Waals surface area contributed by atoms with Crippen molar-refractivity contribution in [2.45, 2.75) is 58.4 Å². The second kappa shape index (κ2) is 9.49. The summed E-state index contributed by atoms with van der Waals surface area (Å²) in [4.78, 5) is 4.63. The molecule has 1 aromatic heterocycles. The van der Waals surface area contributed by atoms with Crippen LogP contribution >= 0.6 is 0 Å². The summed E-state index contributed by atoms with van der Waals surface area (Å²) in [5.41, 5.74) is 1.12. The van der Waals surface area contributed by atoms with Crippen LogP contribution in [0.5, 0.6) is 0 Å². The third-order valence-electron chi connectivity index (χ3n) is 4.47. The summed E-state index contributed by atoms with van der Waals surface area (Å²) in [5.74, 6) is 1.91. The molecule has 1 aliphatic carbocycles. The molecule has 2 N–H and O–H groups in total. The number of nitrogens with zero attached hydrogens (tertiary/aromatic N) is 3. The molecule has 1 fully saturated rings. The molecule has 0 aliphatic heterocycles. The standard InChI is InChI=1S/C17H31N5/c1-3-18-17(20-14-16-11-13-21-22(16)2)19-12-7-6-10-15-8-4-5-9-15/h11,13,15H,3-10,12,14H2,1-2H3,(H2,18,19,20). The summed E-state index contributed by atoms with van der Waals surface area (Å²) in [6.07, 6.45) is 11.6. The molecule has 22 heavy (non-hydrogen) atoms. The Balaban J connectivity index is 1.65. The van der Waals surface area contributed by atoms with Crippen molar-refractivity contribution >= 4 is 5.96 Å². The molecule has 0 atom stereocenters. The Morgan fingerprint density at radius 3 is 2.82 bits per heavy atom. The highest BCUT2D eigenvalue weighted by Gasteiger charge is 2.13. The van der Waals surface area contributed by atoms with Gasteiger partial charge in [0.15, 0.2) is 5.96 Å². The van der Waals surface area contributed by atoms with Gasteiger partial charge in [-0.2, -0.15) is 5.10 Å². The van der Waals surface area contributed by atoms with Crippen molar-refractivity contribution in [3.63, 3.8) is 0 Å². The zero-order chi connectivity index (χ0) is 15.6. The van der Waals surface area contributed by atoms with Crippen molar-refractivity contribution < 1.29 is 0 Å². The number of aryl methyl sites for hydroxylation is 1. The van der Waals surface area contributed by atoms with Crippen molar-refractivity contribution in [3.05, 3.63) is 18.0 Å². The van der Waals surface area contributed by atoms with Crippen LogP contribution in [0.1, 0.15) is 57.6 Å². The van der Waals surface area contributed by atoms with Crippen LogP contribution in [0.3, 0.4) is 0 Å². The number of hydrogen-bond donors (Lipinski definition) is 2. The Morgan fingerprint density at radius 2 is 2.14 bits per heavy atom. The molecule has 0 amide bonds. The van der Waals surface area contributed by atoms with Gasteiger partial charge in [0.05, 0.1) is 12.2 Å². The molecule has 0 radical (unpaired) electrons. The predicted molar refractivity (Wildman–Crippen MR) is 91.8 cm³/mol. The van der Waals surface area contributed by atoms with Crippen molar-refractivity contribution in [2.75, 3.05) is 13.1 Å². The van der Waals surface area contributed by atoms with E-state index in [0.717, 1.165) is 30.7 Å². The molecule has 0 saturated heterocycles. The first-order chi connectivity index (χ1) is 10.8. The molecule has 2 rings (SSSR count). The third kappa shape index (κ3) is 5.70. The van der Waals surface area contributed by atoms with Crippen LogP contribution in [-0.4, -0.2) is 28.8 Å². The maximum Gasteiger partial charge on any atom is 0.191 e. The van der Waals surface area contributed by atoms with Gasteiger partial charge in [-0.3, -0.25) is 4.68 Å². The largest absolute Gasteiger partial charge is 0.357 e. The van der Waals surface area contributed by atoms with Crippen LogP contribution < -0.4 is 10.6 Å². The van der Waals surface area contributed by atoms with Gasteiger partial charge in [-0.05, 0) is 25.3 Å². The molecule has 0 bridgehead atoms. The summed E-state index contributed by atoms with van der Waals surface area (Å²) in [6.45, 7) is 4.65. The minimum atomic E-state index is 0.661. The number of aromatic nitrogens is 2. The molecule has 0 spiro atoms. The lowest BCUT2D eigenvalue weighted by molar-refractivity contribution is 0.472. The van der Waals surface area contributed by atoms with Crippen molar-refractivity contribution in [1.29, 1.82) is 0 Å². The molecule has 1 heterocycles. The monoisotopic (exact) mass is 305 g/mol. The first kappa shape index (κ1) is 16.8. The topological polar surface area (TPSA) is 54.2 Å². The Kier molecular flexibility index (Phi) is 7.26. The quantitative estimate of drug-likeness (QED) is 0.441. The maximum atomic E-state index is 4.63. The van der Waals surface area contributed by atoms with E-state index in [4.69, 9.17) is 0 Å². The van der Waals surface area contributed by atoms with Crippen LogP contribution in [-0.2, 0) is 13.6 Å². The van der Waals surface area contributed by atoms with E-state index >= 15 is 0 Å². The van der Waals surface area contributed by atoms with E-state index in [-0.39, 0.29) is 0 Å². The maximum absolute atomic E-state index is 4.63. The van der Waals surface area contributed by atoms with E-state index in [1.165, 1.54) is 44.9 Å². The van der Waals surface area contributed by atoms with Crippen LogP contribution in [0.4, 0.5) is 0 Å². The summed E-state index contributed by atoms with van der Waals surface area (Å²) >= 11 is 0. The molecular weight excluding hydrogens is 274 g/mol. The van der Waals surface area contributed by atoms with E-state index in [9.17, 15) is 0 Å². The van der Waals surface area contributed by atoms with Gasteiger partial charge >= 0.3 is 0 Å². The normalized spacial score (nSPS) is 16.2. The van der Waals surface area contributed by atoms with E-state index in [0.29, 0.717) is 6.54 Å². The highest BCUT2D eigenvalue weighted by atomic mass is 15.3. The van der Waals surface area contributed by atoms with Gasteiger partial charge in [-0.1, -0.05) is 38.5 Å². The molecule has 124 valence electrons. The van der Waals surface area contributed by atoms with Gasteiger partial charge in [0.2, 0.25) is 0 Å². The smallest absolute Gasteiger partial charge is 0.191 e. The lowest BCUT2D eigenvalue weighted by atomic mass is 10.0. The summed E-state index contributed by atoms with van der Waals surface area (Å²) < 4.78 is 1.87. The Bertz CT molecular complexity index is 446. The van der Waals surface area contributed by atoms with Crippen molar-refractivity contribution in [3.8, 4) is 0 Å². The van der Waals surface area contributed by atoms with Gasteiger partial charge in [-0.25, -0.2) is 4.99 Å². The molecule has 0 unspecified atom stereocenters. The van der Waals surface area contributed by atoms with E-state index in [2.05, 4.69) is 27.6 Å². The van der Waals surface area contributed by atoms with Crippen LogP contribution in [0.15, 0.2) is 17.3 Å². The van der Waals surface area contributed by atoms with Crippen molar-refractivity contribution in [2.24, 2.45) is 18.0 Å². The van der Waals surface area contributed by atoms with Gasteiger partial charge in [0.25, 0.3) is 0 Å². The molecule has 1 aliphatic rings. The third-order valence-corrected chi connectivity index (χ3v) is 4.47. The highest BCUT2D eigenvalue weighted by Crippen LogP contribution is 2.28. The number of hydrogen-bond acceptors (Lipinski definition) is 2. The highest BCUT2D eigenvalue weighted by molar-refractivity contribution is 5.79. The number of guanidine groups is 1. The molecule has 1 saturated carbocycles. The molecule has 1 aromatic rings. The Morgan fingerprint density at radius 1 is 1.32 bits per heavy atom. The predicted octanol–water partition coefficient (Wildman–Crippen LogP) is 2.84. The number of unbranched alkanes of at least 4 members (excludes halogenated alkanes) is 1. The summed E-state index contributed by atoms with van der Waals surface area (Å²) in [7, 11) is 1.95. The second-order valence-electron chi connectivity index (χ2n) is 6.21. The second-order valence-corrected chi connectivity index (χ2v) is 6.21. The van der Waals surface area contributed by atoms with Crippen LogP contribution in [0, 0.1) is 5.92 Å². The SMILES string of the molecule is CCNC(=NCc1ccnn1C)NCCCCC1CCCC1. The van der Waals surface area contributed by atoms with Gasteiger partial charge < -0.3 is 10.6 Å². The first-order valence-corrected chi connectivity index (χ1v) is 8.78. The Labute approximate surface area is 134 Å². The van der Waals surface area contributed by atoms with Gasteiger partial charge in [-0.15, -0.1) is 0 Å². The van der Waals surface area contributed by atoms with Gasteiger partial charge in [0.1, 0.15) is 0 Å². The van der Waals surface area contributed by atoms with Gasteiger partial charge in [0, 0.05) is 26.3 Å². The number of aliphatic imine (C=N–C) groups is 1. The summed E-state index contributed by atoms with van der Waals surface area (Å²) in [6, 6.07) is 2.01. The zero-order valence-electron chi connectivity index (χ0n) is 14.1. The van der Waals surface area contributed by atoms with Crippen LogP contribution in [0.2, 0.25) is 0 Å². The van der Waals surface area contributed by atoms with E-state index in [1.807, 2.05) is 24.0 Å². The fraction of sp³-hybridized carbons (Fsp3) is 0.765. The molecule has 5 heteroatoms.